The predicted molar refractivity (Wildman–Crippen MR) is 66.3 cm³/mol. The quantitative estimate of drug-likeness (QED) is 0.802. The van der Waals surface area contributed by atoms with Crippen molar-refractivity contribution in [2.24, 2.45) is 0 Å². The molecular formula is C15H16FO2-. The van der Waals surface area contributed by atoms with Gasteiger partial charge in [-0.1, -0.05) is 25.5 Å². The maximum Gasteiger partial charge on any atom is 0.123 e. The minimum Gasteiger partial charge on any atom is -0.550 e. The first-order chi connectivity index (χ1) is 8.61. The number of carbonyl (C=O) groups is 1. The zero-order valence-corrected chi connectivity index (χ0v) is 10.4. The first-order valence-corrected chi connectivity index (χ1v) is 6.32. The molecule has 0 amide bonds. The van der Waals surface area contributed by atoms with E-state index in [1.807, 2.05) is 6.08 Å². The Morgan fingerprint density at radius 2 is 2.22 bits per heavy atom. The van der Waals surface area contributed by atoms with Gasteiger partial charge in [0.1, 0.15) is 5.82 Å². The third-order valence-corrected chi connectivity index (χ3v) is 3.35. The lowest BCUT2D eigenvalue weighted by Gasteiger charge is -2.11. The molecule has 1 aromatic rings. The van der Waals surface area contributed by atoms with Crippen molar-refractivity contribution in [1.29, 1.82) is 0 Å². The van der Waals surface area contributed by atoms with Crippen molar-refractivity contribution in [2.45, 2.75) is 38.5 Å². The summed E-state index contributed by atoms with van der Waals surface area (Å²) in [6.07, 6.45) is 4.88. The number of rotatable bonds is 5. The van der Waals surface area contributed by atoms with E-state index >= 15 is 0 Å². The van der Waals surface area contributed by atoms with Crippen molar-refractivity contribution in [3.63, 3.8) is 0 Å². The monoisotopic (exact) mass is 247 g/mol. The summed E-state index contributed by atoms with van der Waals surface area (Å²) in [7, 11) is 0. The Kier molecular flexibility index (Phi) is 3.80. The molecule has 96 valence electrons. The molecule has 0 fully saturated rings. The number of allylic oxidation sites excluding steroid dienone is 2. The number of benzene rings is 1. The van der Waals surface area contributed by atoms with Gasteiger partial charge in [0.15, 0.2) is 0 Å². The van der Waals surface area contributed by atoms with Crippen LogP contribution in [0.1, 0.15) is 49.7 Å². The van der Waals surface area contributed by atoms with Crippen molar-refractivity contribution in [3.8, 4) is 0 Å². The summed E-state index contributed by atoms with van der Waals surface area (Å²) in [5, 5.41) is 10.7. The number of halogens is 1. The van der Waals surface area contributed by atoms with Crippen molar-refractivity contribution in [3.05, 3.63) is 41.2 Å². The standard InChI is InChI=1S/C15H17FO2/c1-2-3-4-10-7-11(8-15(17)18)13-6-5-12(16)9-14(10)13/h5-7,9,11H,2-4,8H2,1H3,(H,17,18)/p-1. The molecule has 1 aromatic carbocycles. The van der Waals surface area contributed by atoms with Gasteiger partial charge < -0.3 is 9.90 Å². The van der Waals surface area contributed by atoms with E-state index < -0.39 is 5.97 Å². The molecule has 2 nitrogen and oxygen atoms in total. The van der Waals surface area contributed by atoms with Crippen molar-refractivity contribution in [1.82, 2.24) is 0 Å². The van der Waals surface area contributed by atoms with Gasteiger partial charge in [0.05, 0.1) is 0 Å². The van der Waals surface area contributed by atoms with Crippen LogP contribution in [0.3, 0.4) is 0 Å². The number of hydrogen-bond acceptors (Lipinski definition) is 2. The smallest absolute Gasteiger partial charge is 0.123 e. The SMILES string of the molecule is CCCCC1=CC(CC(=O)[O-])c2ccc(F)cc21. The van der Waals surface area contributed by atoms with Crippen LogP contribution in [0.5, 0.6) is 0 Å². The van der Waals surface area contributed by atoms with E-state index in [1.54, 1.807) is 6.07 Å². The summed E-state index contributed by atoms with van der Waals surface area (Å²) in [6.45, 7) is 2.10. The molecule has 1 atom stereocenters. The largest absolute Gasteiger partial charge is 0.550 e. The number of carboxylic acid groups (broad SMARTS) is 1. The summed E-state index contributed by atoms with van der Waals surface area (Å²) in [5.74, 6) is -1.51. The van der Waals surface area contributed by atoms with E-state index in [-0.39, 0.29) is 18.2 Å². The van der Waals surface area contributed by atoms with Gasteiger partial charge in [0, 0.05) is 11.9 Å². The van der Waals surface area contributed by atoms with Crippen LogP contribution in [0.15, 0.2) is 24.3 Å². The molecule has 18 heavy (non-hydrogen) atoms. The molecule has 0 radical (unpaired) electrons. The average molecular weight is 247 g/mol. The summed E-state index contributed by atoms with van der Waals surface area (Å²) in [4.78, 5) is 10.7. The summed E-state index contributed by atoms with van der Waals surface area (Å²) in [6, 6.07) is 4.58. The Bertz CT molecular complexity index is 491. The Morgan fingerprint density at radius 1 is 1.44 bits per heavy atom. The van der Waals surface area contributed by atoms with Crippen LogP contribution < -0.4 is 5.11 Å². The Morgan fingerprint density at radius 3 is 2.89 bits per heavy atom. The molecule has 1 unspecified atom stereocenters. The van der Waals surface area contributed by atoms with Gasteiger partial charge in [-0.3, -0.25) is 0 Å². The molecule has 0 spiro atoms. The second-order valence-electron chi connectivity index (χ2n) is 4.71. The topological polar surface area (TPSA) is 40.1 Å². The minimum atomic E-state index is -1.07. The number of unbranched alkanes of at least 4 members (excludes halogenated alkanes) is 1. The number of hydrogen-bond donors (Lipinski definition) is 0. The summed E-state index contributed by atoms with van der Waals surface area (Å²) in [5.41, 5.74) is 2.85. The van der Waals surface area contributed by atoms with E-state index in [1.165, 1.54) is 12.1 Å². The van der Waals surface area contributed by atoms with E-state index in [2.05, 4.69) is 6.92 Å². The molecule has 0 aromatic heterocycles. The van der Waals surface area contributed by atoms with Gasteiger partial charge >= 0.3 is 0 Å². The average Bonchev–Trinajstić information content (AvgIpc) is 2.63. The molecule has 0 N–H and O–H groups in total. The van der Waals surface area contributed by atoms with Crippen LogP contribution in [-0.2, 0) is 4.79 Å². The van der Waals surface area contributed by atoms with Crippen LogP contribution >= 0.6 is 0 Å². The van der Waals surface area contributed by atoms with E-state index in [9.17, 15) is 14.3 Å². The number of carbonyl (C=O) groups excluding carboxylic acids is 1. The van der Waals surface area contributed by atoms with Gasteiger partial charge in [-0.25, -0.2) is 4.39 Å². The lowest BCUT2D eigenvalue weighted by molar-refractivity contribution is -0.305. The van der Waals surface area contributed by atoms with E-state index in [0.29, 0.717) is 0 Å². The molecule has 0 saturated heterocycles. The number of fused-ring (bicyclic) bond motifs is 1. The van der Waals surface area contributed by atoms with Crippen molar-refractivity contribution < 1.29 is 14.3 Å². The Labute approximate surface area is 106 Å². The predicted octanol–water partition coefficient (Wildman–Crippen LogP) is 2.64. The second-order valence-corrected chi connectivity index (χ2v) is 4.71. The zero-order valence-electron chi connectivity index (χ0n) is 10.4. The highest BCUT2D eigenvalue weighted by Gasteiger charge is 2.23. The normalized spacial score (nSPS) is 17.4. The van der Waals surface area contributed by atoms with Gasteiger partial charge in [-0.15, -0.1) is 0 Å². The fraction of sp³-hybridized carbons (Fsp3) is 0.400. The van der Waals surface area contributed by atoms with Gasteiger partial charge in [0.2, 0.25) is 0 Å². The molecule has 0 saturated carbocycles. The third kappa shape index (κ3) is 2.61. The van der Waals surface area contributed by atoms with Gasteiger partial charge in [-0.05, 0) is 48.1 Å². The van der Waals surface area contributed by atoms with Crippen molar-refractivity contribution in [2.75, 3.05) is 0 Å². The number of aliphatic carboxylic acids is 1. The summed E-state index contributed by atoms with van der Waals surface area (Å²) < 4.78 is 13.3. The van der Waals surface area contributed by atoms with Crippen LogP contribution in [-0.4, -0.2) is 5.97 Å². The Balaban J connectivity index is 2.31. The lowest BCUT2D eigenvalue weighted by Crippen LogP contribution is -2.23. The van der Waals surface area contributed by atoms with Crippen molar-refractivity contribution >= 4 is 11.5 Å². The van der Waals surface area contributed by atoms with Gasteiger partial charge in [0.25, 0.3) is 0 Å². The molecule has 0 heterocycles. The maximum absolute atomic E-state index is 13.3. The third-order valence-electron chi connectivity index (χ3n) is 3.35. The fourth-order valence-electron chi connectivity index (χ4n) is 2.49. The lowest BCUT2D eigenvalue weighted by atomic mass is 9.97. The van der Waals surface area contributed by atoms with E-state index in [0.717, 1.165) is 36.0 Å². The molecular weight excluding hydrogens is 231 g/mol. The summed E-state index contributed by atoms with van der Waals surface area (Å²) >= 11 is 0. The minimum absolute atomic E-state index is 0.0335. The Hall–Kier alpha value is -1.64. The van der Waals surface area contributed by atoms with Gasteiger partial charge in [-0.2, -0.15) is 0 Å². The van der Waals surface area contributed by atoms with Crippen LogP contribution in [0, 0.1) is 5.82 Å². The van der Waals surface area contributed by atoms with Crippen LogP contribution in [0.25, 0.3) is 5.57 Å². The van der Waals surface area contributed by atoms with Crippen LogP contribution in [0.2, 0.25) is 0 Å². The molecule has 1 aliphatic rings. The molecule has 0 aliphatic heterocycles. The first kappa shape index (κ1) is 12.8. The molecule has 3 heteroatoms. The molecule has 1 aliphatic carbocycles. The maximum atomic E-state index is 13.3. The van der Waals surface area contributed by atoms with Crippen LogP contribution in [0.4, 0.5) is 4.39 Å². The highest BCUT2D eigenvalue weighted by Crippen LogP contribution is 2.40. The zero-order chi connectivity index (χ0) is 13.1. The highest BCUT2D eigenvalue weighted by atomic mass is 19.1. The fourth-order valence-corrected chi connectivity index (χ4v) is 2.49. The second kappa shape index (κ2) is 5.34. The first-order valence-electron chi connectivity index (χ1n) is 6.32. The highest BCUT2D eigenvalue weighted by molar-refractivity contribution is 5.77. The van der Waals surface area contributed by atoms with E-state index in [4.69, 9.17) is 0 Å². The molecule has 0 bridgehead atoms. The molecule has 2 rings (SSSR count). The number of carboxylic acids is 1.